The van der Waals surface area contributed by atoms with Gasteiger partial charge in [0.15, 0.2) is 34.4 Å². The summed E-state index contributed by atoms with van der Waals surface area (Å²) in [6.45, 7) is 7.64. The maximum Gasteiger partial charge on any atom is 0.343 e. The van der Waals surface area contributed by atoms with Gasteiger partial charge in [0, 0.05) is 0 Å². The minimum absolute atomic E-state index is 0.126. The fourth-order valence-corrected chi connectivity index (χ4v) is 6.37. The zero-order chi connectivity index (χ0) is 35.8. The Hall–Kier alpha value is -5.43. The number of fused-ring (bicyclic) bond motifs is 1. The van der Waals surface area contributed by atoms with E-state index in [4.69, 9.17) is 23.7 Å². The van der Waals surface area contributed by atoms with Crippen LogP contribution in [0.2, 0.25) is 0 Å². The summed E-state index contributed by atoms with van der Waals surface area (Å²) >= 11 is 1.18. The molecule has 0 bridgehead atoms. The lowest BCUT2D eigenvalue weighted by molar-refractivity contribution is -0.143. The van der Waals surface area contributed by atoms with Gasteiger partial charge in [-0.1, -0.05) is 35.6 Å². The molecule has 2 heterocycles. The van der Waals surface area contributed by atoms with Crippen molar-refractivity contribution in [3.8, 4) is 23.0 Å². The highest BCUT2D eigenvalue weighted by Gasteiger charge is 2.34. The van der Waals surface area contributed by atoms with E-state index >= 15 is 0 Å². The molecule has 1 aromatic heterocycles. The maximum atomic E-state index is 14.2. The van der Waals surface area contributed by atoms with Gasteiger partial charge < -0.3 is 28.4 Å². The van der Waals surface area contributed by atoms with Crippen LogP contribution in [-0.4, -0.2) is 50.0 Å². The Morgan fingerprint density at radius 3 is 2.32 bits per heavy atom. The Balaban J connectivity index is 1.57. The van der Waals surface area contributed by atoms with Crippen molar-refractivity contribution in [2.45, 2.75) is 40.3 Å². The summed E-state index contributed by atoms with van der Waals surface area (Å²) in [5, 5.41) is 0. The highest BCUT2D eigenvalue weighted by atomic mass is 32.1. The topological polar surface area (TPSA) is 124 Å². The van der Waals surface area contributed by atoms with Crippen LogP contribution < -0.4 is 33.8 Å². The fraction of sp³-hybridized carbons (Fsp3) is 0.297. The van der Waals surface area contributed by atoms with Crippen molar-refractivity contribution in [1.29, 1.82) is 0 Å². The Morgan fingerprint density at radius 1 is 0.900 bits per heavy atom. The van der Waals surface area contributed by atoms with Crippen LogP contribution in [0.4, 0.5) is 4.39 Å². The number of aromatic nitrogens is 1. The summed E-state index contributed by atoms with van der Waals surface area (Å²) in [7, 11) is 1.26. The maximum absolute atomic E-state index is 14.2. The normalized spacial score (nSPS) is 14.0. The van der Waals surface area contributed by atoms with Crippen molar-refractivity contribution in [2.24, 2.45) is 4.99 Å². The number of hydrogen-bond donors (Lipinski definition) is 0. The zero-order valence-electron chi connectivity index (χ0n) is 28.3. The summed E-state index contributed by atoms with van der Waals surface area (Å²) in [6.07, 6.45) is 1.72. The Labute approximate surface area is 291 Å². The SMILES string of the molecule is CCOC(=O)C1=C(C)N=c2s/c(=C\c3ccc(OCc4cccc(F)c4)c(OCC)c3)c(=O)n2[C@@H]1c1ccc(OCC(=O)OC)c(OCC)c1. The van der Waals surface area contributed by atoms with E-state index in [0.29, 0.717) is 67.9 Å². The van der Waals surface area contributed by atoms with Gasteiger partial charge in [-0.3, -0.25) is 9.36 Å². The second-order valence-electron chi connectivity index (χ2n) is 10.9. The number of ether oxygens (including phenoxy) is 6. The molecule has 5 rings (SSSR count). The van der Waals surface area contributed by atoms with Gasteiger partial charge in [0.05, 0.1) is 48.8 Å². The fourth-order valence-electron chi connectivity index (χ4n) is 5.33. The van der Waals surface area contributed by atoms with E-state index < -0.39 is 18.0 Å². The van der Waals surface area contributed by atoms with Crippen LogP contribution in [0, 0.1) is 5.82 Å². The van der Waals surface area contributed by atoms with Crippen LogP contribution in [0.5, 0.6) is 23.0 Å². The molecule has 1 aliphatic rings. The molecule has 4 aromatic rings. The van der Waals surface area contributed by atoms with Crippen LogP contribution in [0.1, 0.15) is 50.4 Å². The minimum Gasteiger partial charge on any atom is -0.490 e. The lowest BCUT2D eigenvalue weighted by Gasteiger charge is -2.25. The predicted molar refractivity (Wildman–Crippen MR) is 184 cm³/mol. The number of carbonyl (C=O) groups excluding carboxylic acids is 2. The smallest absolute Gasteiger partial charge is 0.343 e. The van der Waals surface area contributed by atoms with Crippen LogP contribution in [0.15, 0.2) is 81.7 Å². The van der Waals surface area contributed by atoms with Crippen molar-refractivity contribution in [3.63, 3.8) is 0 Å². The third-order valence-electron chi connectivity index (χ3n) is 7.52. The van der Waals surface area contributed by atoms with Crippen molar-refractivity contribution in [3.05, 3.63) is 114 Å². The van der Waals surface area contributed by atoms with E-state index in [1.165, 1.54) is 35.1 Å². The first-order valence-corrected chi connectivity index (χ1v) is 16.8. The van der Waals surface area contributed by atoms with Gasteiger partial charge >= 0.3 is 11.9 Å². The number of thiazole rings is 1. The van der Waals surface area contributed by atoms with Crippen molar-refractivity contribution < 1.29 is 42.4 Å². The molecule has 0 spiro atoms. The number of benzene rings is 3. The molecular formula is C37H37FN2O9S. The first kappa shape index (κ1) is 35.9. The molecule has 0 N–H and O–H groups in total. The first-order chi connectivity index (χ1) is 24.2. The van der Waals surface area contributed by atoms with Gasteiger partial charge in [-0.15, -0.1) is 0 Å². The average molecular weight is 705 g/mol. The first-order valence-electron chi connectivity index (χ1n) is 16.0. The Morgan fingerprint density at radius 2 is 1.62 bits per heavy atom. The Kier molecular flexibility index (Phi) is 11.7. The monoisotopic (exact) mass is 704 g/mol. The molecule has 0 saturated carbocycles. The number of hydrogen-bond acceptors (Lipinski definition) is 11. The summed E-state index contributed by atoms with van der Waals surface area (Å²) in [5.74, 6) is 0.0159. The number of halogens is 1. The molecular weight excluding hydrogens is 667 g/mol. The van der Waals surface area contributed by atoms with Crippen molar-refractivity contribution in [2.75, 3.05) is 33.5 Å². The number of allylic oxidation sites excluding steroid dienone is 1. The van der Waals surface area contributed by atoms with Gasteiger partial charge in [-0.25, -0.2) is 19.0 Å². The molecule has 50 heavy (non-hydrogen) atoms. The van der Waals surface area contributed by atoms with Crippen LogP contribution in [0.25, 0.3) is 6.08 Å². The Bertz CT molecular complexity index is 2100. The number of esters is 2. The van der Waals surface area contributed by atoms with Crippen molar-refractivity contribution in [1.82, 2.24) is 4.57 Å². The molecule has 3 aromatic carbocycles. The van der Waals surface area contributed by atoms with E-state index in [0.717, 1.165) is 0 Å². The van der Waals surface area contributed by atoms with Gasteiger partial charge in [-0.2, -0.15) is 0 Å². The predicted octanol–water partition coefficient (Wildman–Crippen LogP) is 4.87. The third-order valence-corrected chi connectivity index (χ3v) is 8.51. The molecule has 1 atom stereocenters. The van der Waals surface area contributed by atoms with E-state index in [1.54, 1.807) is 75.4 Å². The number of nitrogens with zero attached hydrogens (tertiary/aromatic N) is 2. The molecule has 1 aliphatic heterocycles. The molecule has 0 saturated heterocycles. The largest absolute Gasteiger partial charge is 0.490 e. The van der Waals surface area contributed by atoms with E-state index in [9.17, 15) is 18.8 Å². The summed E-state index contributed by atoms with van der Waals surface area (Å²) < 4.78 is 48.9. The quantitative estimate of drug-likeness (QED) is 0.169. The van der Waals surface area contributed by atoms with E-state index in [1.807, 2.05) is 6.92 Å². The molecule has 11 nitrogen and oxygen atoms in total. The van der Waals surface area contributed by atoms with Crippen molar-refractivity contribution >= 4 is 29.4 Å². The molecule has 13 heteroatoms. The molecule has 0 fully saturated rings. The summed E-state index contributed by atoms with van der Waals surface area (Å²) in [5.41, 5.74) is 2.11. The number of carbonyl (C=O) groups is 2. The number of methoxy groups -OCH3 is 1. The highest BCUT2D eigenvalue weighted by molar-refractivity contribution is 7.07. The summed E-state index contributed by atoms with van der Waals surface area (Å²) in [6, 6.07) is 15.5. The van der Waals surface area contributed by atoms with Crippen LogP contribution >= 0.6 is 11.3 Å². The van der Waals surface area contributed by atoms with Gasteiger partial charge in [0.25, 0.3) is 5.56 Å². The van der Waals surface area contributed by atoms with E-state index in [2.05, 4.69) is 9.73 Å². The second kappa shape index (κ2) is 16.3. The minimum atomic E-state index is -0.904. The van der Waals surface area contributed by atoms with Gasteiger partial charge in [0.1, 0.15) is 12.4 Å². The molecule has 0 amide bonds. The molecule has 0 unspecified atom stereocenters. The second-order valence-corrected chi connectivity index (χ2v) is 11.9. The van der Waals surface area contributed by atoms with E-state index in [-0.39, 0.29) is 36.8 Å². The van der Waals surface area contributed by atoms with Gasteiger partial charge in [-0.05, 0) is 86.9 Å². The third kappa shape index (κ3) is 8.05. The lowest BCUT2D eigenvalue weighted by atomic mass is 9.95. The molecule has 0 aliphatic carbocycles. The lowest BCUT2D eigenvalue weighted by Crippen LogP contribution is -2.40. The summed E-state index contributed by atoms with van der Waals surface area (Å²) in [4.78, 5) is 44.3. The zero-order valence-corrected chi connectivity index (χ0v) is 29.1. The molecule has 262 valence electrons. The highest BCUT2D eigenvalue weighted by Crippen LogP contribution is 2.36. The van der Waals surface area contributed by atoms with Gasteiger partial charge in [0.2, 0.25) is 0 Å². The van der Waals surface area contributed by atoms with Crippen LogP contribution in [0.3, 0.4) is 0 Å². The standard InChI is InChI=1S/C37H37FN2O9S/c1-6-45-29-17-23(12-14-27(29)48-20-24-10-9-11-26(38)16-24)18-31-35(42)40-34(33(36(43)47-8-3)22(4)39-37(40)50-31)25-13-15-28(30(19-25)46-7-2)49-21-32(41)44-5/h9-19,34H,6-8,20-21H2,1-5H3/b31-18-/t34-/m1/s1. The average Bonchev–Trinajstić information content (AvgIpc) is 3.40. The molecule has 0 radical (unpaired) electrons. The number of rotatable bonds is 14. The van der Waals surface area contributed by atoms with Crippen LogP contribution in [-0.2, 0) is 25.7 Å².